The number of phenols is 1. The SMILES string of the molecule is CN(C)CC#Cc1ccc([C@]2(Cn3cc4ccc(O)cc4c3O)NC(=O)N(COCC[Si](C)(C)C)C2=O)cc1. The molecule has 4 rings (SSSR count). The van der Waals surface area contributed by atoms with Crippen molar-refractivity contribution in [3.63, 3.8) is 0 Å². The van der Waals surface area contributed by atoms with Crippen LogP contribution in [0.3, 0.4) is 0 Å². The molecule has 0 saturated carbocycles. The number of aromatic hydroxyl groups is 2. The minimum atomic E-state index is -1.48. The molecule has 9 nitrogen and oxygen atoms in total. The minimum Gasteiger partial charge on any atom is -0.508 e. The van der Waals surface area contributed by atoms with E-state index in [4.69, 9.17) is 4.74 Å². The molecular formula is C29H36N4O5Si. The zero-order valence-electron chi connectivity index (χ0n) is 23.1. The first-order chi connectivity index (χ1) is 18.4. The second kappa shape index (κ2) is 11.1. The van der Waals surface area contributed by atoms with Crippen molar-refractivity contribution in [2.75, 3.05) is 34.0 Å². The van der Waals surface area contributed by atoms with Gasteiger partial charge in [0, 0.05) is 37.2 Å². The van der Waals surface area contributed by atoms with Crippen LogP contribution in [0.4, 0.5) is 4.79 Å². The molecule has 3 amide bonds. The molecule has 2 aromatic carbocycles. The van der Waals surface area contributed by atoms with Crippen molar-refractivity contribution in [3.05, 3.63) is 59.8 Å². The third kappa shape index (κ3) is 6.28. The van der Waals surface area contributed by atoms with Crippen molar-refractivity contribution < 1.29 is 24.5 Å². The molecule has 0 unspecified atom stereocenters. The molecule has 206 valence electrons. The van der Waals surface area contributed by atoms with Gasteiger partial charge in [0.05, 0.1) is 13.1 Å². The molecule has 1 aliphatic rings. The molecule has 1 fully saturated rings. The summed E-state index contributed by atoms with van der Waals surface area (Å²) in [6.07, 6.45) is 1.69. The van der Waals surface area contributed by atoms with E-state index in [1.165, 1.54) is 16.7 Å². The lowest BCUT2D eigenvalue weighted by Gasteiger charge is -2.28. The highest BCUT2D eigenvalue weighted by atomic mass is 28.3. The highest BCUT2D eigenvalue weighted by Crippen LogP contribution is 2.36. The predicted octanol–water partition coefficient (Wildman–Crippen LogP) is 3.73. The van der Waals surface area contributed by atoms with Crippen LogP contribution in [0.15, 0.2) is 48.7 Å². The quantitative estimate of drug-likeness (QED) is 0.163. The first-order valence-corrected chi connectivity index (χ1v) is 16.6. The number of amides is 3. The van der Waals surface area contributed by atoms with Crippen LogP contribution in [0.25, 0.3) is 10.8 Å². The summed E-state index contributed by atoms with van der Waals surface area (Å²) < 4.78 is 7.27. The Morgan fingerprint density at radius 1 is 1.08 bits per heavy atom. The van der Waals surface area contributed by atoms with Crippen molar-refractivity contribution in [1.29, 1.82) is 0 Å². The smallest absolute Gasteiger partial charge is 0.327 e. The first kappa shape index (κ1) is 28.2. The first-order valence-electron chi connectivity index (χ1n) is 12.9. The molecule has 0 aliphatic carbocycles. The van der Waals surface area contributed by atoms with Gasteiger partial charge in [-0.25, -0.2) is 9.69 Å². The number of hydrogen-bond acceptors (Lipinski definition) is 6. The Labute approximate surface area is 230 Å². The number of carbonyl (C=O) groups excluding carboxylic acids is 2. The molecule has 0 bridgehead atoms. The van der Waals surface area contributed by atoms with Gasteiger partial charge in [0.2, 0.25) is 0 Å². The van der Waals surface area contributed by atoms with Crippen molar-refractivity contribution in [1.82, 2.24) is 19.7 Å². The third-order valence-corrected chi connectivity index (χ3v) is 8.35. The van der Waals surface area contributed by atoms with Crippen LogP contribution >= 0.6 is 0 Å². The van der Waals surface area contributed by atoms with E-state index in [0.29, 0.717) is 29.5 Å². The maximum Gasteiger partial charge on any atom is 0.327 e. The summed E-state index contributed by atoms with van der Waals surface area (Å²) in [5.41, 5.74) is -0.142. The van der Waals surface area contributed by atoms with Crippen molar-refractivity contribution >= 4 is 30.8 Å². The molecule has 39 heavy (non-hydrogen) atoms. The number of carbonyl (C=O) groups is 2. The van der Waals surface area contributed by atoms with Crippen LogP contribution in [-0.2, 0) is 21.6 Å². The van der Waals surface area contributed by atoms with Crippen LogP contribution in [0.5, 0.6) is 11.6 Å². The molecule has 3 N–H and O–H groups in total. The summed E-state index contributed by atoms with van der Waals surface area (Å²) in [6.45, 7) is 7.56. The number of ether oxygens (including phenoxy) is 1. The van der Waals surface area contributed by atoms with E-state index < -0.39 is 25.6 Å². The van der Waals surface area contributed by atoms with Gasteiger partial charge in [-0.3, -0.25) is 9.69 Å². The molecule has 10 heteroatoms. The van der Waals surface area contributed by atoms with Crippen molar-refractivity contribution in [2.45, 2.75) is 37.8 Å². The van der Waals surface area contributed by atoms with Gasteiger partial charge in [-0.05, 0) is 56.0 Å². The van der Waals surface area contributed by atoms with Gasteiger partial charge in [0.25, 0.3) is 5.91 Å². The van der Waals surface area contributed by atoms with E-state index in [0.717, 1.165) is 16.5 Å². The second-order valence-electron chi connectivity index (χ2n) is 11.4. The van der Waals surface area contributed by atoms with E-state index in [1.807, 2.05) is 31.1 Å². The molecule has 1 aromatic heterocycles. The van der Waals surface area contributed by atoms with Gasteiger partial charge in [-0.2, -0.15) is 0 Å². The third-order valence-electron chi connectivity index (χ3n) is 6.65. The maximum atomic E-state index is 13.9. The summed E-state index contributed by atoms with van der Waals surface area (Å²) in [4.78, 5) is 30.1. The zero-order valence-corrected chi connectivity index (χ0v) is 24.1. The van der Waals surface area contributed by atoms with Gasteiger partial charge in [0.15, 0.2) is 11.4 Å². The molecule has 0 spiro atoms. The second-order valence-corrected chi connectivity index (χ2v) is 17.0. The summed E-state index contributed by atoms with van der Waals surface area (Å²) in [5, 5.41) is 24.9. The number of benzene rings is 2. The van der Waals surface area contributed by atoms with Crippen LogP contribution in [0.1, 0.15) is 11.1 Å². The summed E-state index contributed by atoms with van der Waals surface area (Å²) in [6, 6.07) is 12.2. The molecule has 2 heterocycles. The number of urea groups is 1. The molecule has 1 aliphatic heterocycles. The normalized spacial score (nSPS) is 17.5. The van der Waals surface area contributed by atoms with Crippen LogP contribution in [-0.4, -0.2) is 78.6 Å². The fraction of sp³-hybridized carbons (Fsp3) is 0.379. The van der Waals surface area contributed by atoms with E-state index in [1.54, 1.807) is 24.4 Å². The Hall–Kier alpha value is -3.78. The summed E-state index contributed by atoms with van der Waals surface area (Å²) in [7, 11) is 2.54. The lowest BCUT2D eigenvalue weighted by molar-refractivity contribution is -0.135. The molecule has 3 aromatic rings. The summed E-state index contributed by atoms with van der Waals surface area (Å²) in [5.74, 6) is 5.63. The van der Waals surface area contributed by atoms with E-state index in [2.05, 4.69) is 36.8 Å². The van der Waals surface area contributed by atoms with E-state index >= 15 is 0 Å². The number of imide groups is 1. The van der Waals surface area contributed by atoms with E-state index in [-0.39, 0.29) is 24.9 Å². The fourth-order valence-corrected chi connectivity index (χ4v) is 5.18. The number of rotatable bonds is 9. The topological polar surface area (TPSA) is 107 Å². The Morgan fingerprint density at radius 2 is 1.79 bits per heavy atom. The summed E-state index contributed by atoms with van der Waals surface area (Å²) >= 11 is 0. The number of aromatic nitrogens is 1. The molecular weight excluding hydrogens is 512 g/mol. The van der Waals surface area contributed by atoms with Gasteiger partial charge < -0.3 is 24.8 Å². The lowest BCUT2D eigenvalue weighted by Crippen LogP contribution is -2.47. The van der Waals surface area contributed by atoms with E-state index in [9.17, 15) is 19.8 Å². The predicted molar refractivity (Wildman–Crippen MR) is 153 cm³/mol. The zero-order chi connectivity index (χ0) is 28.4. The number of nitrogens with one attached hydrogen (secondary N) is 1. The largest absolute Gasteiger partial charge is 0.508 e. The number of phenolic OH excluding ortho intramolecular Hbond substituents is 1. The van der Waals surface area contributed by atoms with Gasteiger partial charge in [-0.15, -0.1) is 0 Å². The highest BCUT2D eigenvalue weighted by molar-refractivity contribution is 6.76. The molecule has 0 radical (unpaired) electrons. The van der Waals surface area contributed by atoms with Gasteiger partial charge in [0.1, 0.15) is 12.5 Å². The average Bonchev–Trinajstić information content (AvgIpc) is 3.29. The van der Waals surface area contributed by atoms with Gasteiger partial charge >= 0.3 is 6.03 Å². The monoisotopic (exact) mass is 548 g/mol. The van der Waals surface area contributed by atoms with Crippen molar-refractivity contribution in [2.24, 2.45) is 0 Å². The lowest BCUT2D eigenvalue weighted by atomic mass is 9.88. The standard InChI is InChI=1S/C29H36N4O5Si/c1-31(2)14-6-7-21-8-11-23(12-9-21)29(19-32-18-22-10-13-24(34)17-25(22)26(32)35)27(36)33(28(37)30-29)20-38-15-16-39(3,4)5/h8-13,17-18,34-35H,14-16,19-20H2,1-5H3,(H,30,37)/t29-/m0/s1. The van der Waals surface area contributed by atoms with Crippen LogP contribution in [0.2, 0.25) is 25.7 Å². The highest BCUT2D eigenvalue weighted by Gasteiger charge is 2.53. The Morgan fingerprint density at radius 3 is 2.46 bits per heavy atom. The Kier molecular flexibility index (Phi) is 8.06. The van der Waals surface area contributed by atoms with Crippen LogP contribution < -0.4 is 5.32 Å². The number of hydrogen-bond donors (Lipinski definition) is 3. The fourth-order valence-electron chi connectivity index (χ4n) is 4.42. The van der Waals surface area contributed by atoms with Crippen LogP contribution in [0, 0.1) is 11.8 Å². The minimum absolute atomic E-state index is 0.0168. The maximum absolute atomic E-state index is 13.9. The Balaban J connectivity index is 1.68. The number of fused-ring (bicyclic) bond motifs is 1. The average molecular weight is 549 g/mol. The number of nitrogens with zero attached hydrogens (tertiary/aromatic N) is 3. The Bertz CT molecular complexity index is 1430. The molecule has 1 atom stereocenters. The van der Waals surface area contributed by atoms with Crippen molar-refractivity contribution in [3.8, 4) is 23.5 Å². The molecule has 1 saturated heterocycles. The van der Waals surface area contributed by atoms with Gasteiger partial charge in [-0.1, -0.05) is 43.6 Å².